The summed E-state index contributed by atoms with van der Waals surface area (Å²) in [5.41, 5.74) is 2.18. The molecule has 0 aliphatic heterocycles. The summed E-state index contributed by atoms with van der Waals surface area (Å²) in [5.74, 6) is 1.56. The van der Waals surface area contributed by atoms with Gasteiger partial charge in [-0.25, -0.2) is 4.98 Å². The summed E-state index contributed by atoms with van der Waals surface area (Å²) in [6.45, 7) is 7.91. The maximum Gasteiger partial charge on any atom is 0.259 e. The van der Waals surface area contributed by atoms with Gasteiger partial charge in [0.2, 0.25) is 0 Å². The zero-order valence-electron chi connectivity index (χ0n) is 13.1. The van der Waals surface area contributed by atoms with E-state index in [0.29, 0.717) is 5.56 Å². The molecule has 0 radical (unpaired) electrons. The fraction of sp³-hybridized carbons (Fsp3) is 0.412. The van der Waals surface area contributed by atoms with Crippen LogP contribution in [0.5, 0.6) is 5.75 Å². The van der Waals surface area contributed by atoms with E-state index < -0.39 is 0 Å². The molecule has 2 rings (SSSR count). The average Bonchev–Trinajstić information content (AvgIpc) is 2.39. The Bertz CT molecular complexity index is 657. The first-order chi connectivity index (χ1) is 10.0. The molecule has 0 atom stereocenters. The van der Waals surface area contributed by atoms with Gasteiger partial charge in [0.05, 0.1) is 17.4 Å². The second kappa shape index (κ2) is 6.57. The Morgan fingerprint density at radius 3 is 2.43 bits per heavy atom. The largest absolute Gasteiger partial charge is 0.491 e. The number of aromatic nitrogens is 2. The lowest BCUT2D eigenvalue weighted by Gasteiger charge is -2.11. The first kappa shape index (κ1) is 15.3. The van der Waals surface area contributed by atoms with E-state index in [4.69, 9.17) is 4.74 Å². The van der Waals surface area contributed by atoms with E-state index in [2.05, 4.69) is 16.9 Å². The summed E-state index contributed by atoms with van der Waals surface area (Å²) in [5, 5.41) is 0. The molecule has 0 amide bonds. The number of benzene rings is 1. The predicted molar refractivity (Wildman–Crippen MR) is 84.8 cm³/mol. The lowest BCUT2D eigenvalue weighted by atomic mass is 10.1. The van der Waals surface area contributed by atoms with Crippen LogP contribution in [0.15, 0.2) is 29.1 Å². The minimum atomic E-state index is -0.0801. The number of nitrogens with one attached hydrogen (secondary N) is 1. The number of ether oxygens (including phenoxy) is 1. The summed E-state index contributed by atoms with van der Waals surface area (Å²) in [6.07, 6.45) is 1.89. The third kappa shape index (κ3) is 3.72. The molecule has 2 aromatic rings. The molecule has 21 heavy (non-hydrogen) atoms. The second-order valence-corrected chi connectivity index (χ2v) is 5.41. The fourth-order valence-corrected chi connectivity index (χ4v) is 2.31. The van der Waals surface area contributed by atoms with Gasteiger partial charge in [-0.05, 0) is 44.9 Å². The van der Waals surface area contributed by atoms with Crippen LogP contribution in [0.2, 0.25) is 0 Å². The number of hydrogen-bond donors (Lipinski definition) is 1. The van der Waals surface area contributed by atoms with Crippen LogP contribution in [0.25, 0.3) is 11.1 Å². The Balaban J connectivity index is 2.36. The average molecular weight is 286 g/mol. The highest BCUT2D eigenvalue weighted by atomic mass is 16.5. The van der Waals surface area contributed by atoms with E-state index >= 15 is 0 Å². The topological polar surface area (TPSA) is 55.0 Å². The minimum absolute atomic E-state index is 0.0801. The quantitative estimate of drug-likeness (QED) is 0.915. The van der Waals surface area contributed by atoms with Gasteiger partial charge in [0.15, 0.2) is 0 Å². The van der Waals surface area contributed by atoms with Gasteiger partial charge in [-0.1, -0.05) is 19.1 Å². The maximum atomic E-state index is 12.3. The van der Waals surface area contributed by atoms with Crippen molar-refractivity contribution in [1.82, 2.24) is 9.97 Å². The van der Waals surface area contributed by atoms with E-state index in [0.717, 1.165) is 35.7 Å². The molecule has 4 heteroatoms. The zero-order valence-corrected chi connectivity index (χ0v) is 13.1. The predicted octanol–water partition coefficient (Wildman–Crippen LogP) is 3.49. The first-order valence-electron chi connectivity index (χ1n) is 7.38. The molecule has 0 aliphatic rings. The van der Waals surface area contributed by atoms with Crippen LogP contribution < -0.4 is 10.3 Å². The van der Waals surface area contributed by atoms with Crippen molar-refractivity contribution in [3.8, 4) is 16.9 Å². The van der Waals surface area contributed by atoms with E-state index in [1.807, 2.05) is 45.0 Å². The molecule has 1 aromatic carbocycles. The second-order valence-electron chi connectivity index (χ2n) is 5.41. The van der Waals surface area contributed by atoms with Gasteiger partial charge in [-0.15, -0.1) is 0 Å². The highest BCUT2D eigenvalue weighted by Gasteiger charge is 2.10. The minimum Gasteiger partial charge on any atom is -0.491 e. The van der Waals surface area contributed by atoms with Crippen molar-refractivity contribution in [2.45, 2.75) is 46.6 Å². The summed E-state index contributed by atoms with van der Waals surface area (Å²) in [7, 11) is 0. The van der Waals surface area contributed by atoms with Gasteiger partial charge in [-0.2, -0.15) is 0 Å². The van der Waals surface area contributed by atoms with Crippen molar-refractivity contribution in [3.05, 3.63) is 46.1 Å². The third-order valence-corrected chi connectivity index (χ3v) is 3.15. The lowest BCUT2D eigenvalue weighted by molar-refractivity contribution is 0.242. The Kier molecular flexibility index (Phi) is 4.78. The van der Waals surface area contributed by atoms with Crippen molar-refractivity contribution < 1.29 is 4.74 Å². The smallest absolute Gasteiger partial charge is 0.259 e. The Hall–Kier alpha value is -2.10. The van der Waals surface area contributed by atoms with Crippen LogP contribution >= 0.6 is 0 Å². The van der Waals surface area contributed by atoms with Crippen molar-refractivity contribution in [3.63, 3.8) is 0 Å². The molecule has 0 bridgehead atoms. The normalized spacial score (nSPS) is 10.9. The van der Waals surface area contributed by atoms with Gasteiger partial charge < -0.3 is 9.72 Å². The fourth-order valence-electron chi connectivity index (χ4n) is 2.31. The molecular formula is C17H22N2O2. The molecule has 4 nitrogen and oxygen atoms in total. The van der Waals surface area contributed by atoms with Gasteiger partial charge >= 0.3 is 0 Å². The summed E-state index contributed by atoms with van der Waals surface area (Å²) < 4.78 is 5.62. The number of H-pyrrole nitrogens is 1. The summed E-state index contributed by atoms with van der Waals surface area (Å²) in [4.78, 5) is 19.6. The lowest BCUT2D eigenvalue weighted by Crippen LogP contribution is -2.16. The highest BCUT2D eigenvalue weighted by Crippen LogP contribution is 2.22. The van der Waals surface area contributed by atoms with Crippen molar-refractivity contribution in [2.75, 3.05) is 0 Å². The number of rotatable bonds is 5. The molecule has 0 unspecified atom stereocenters. The third-order valence-electron chi connectivity index (χ3n) is 3.15. The van der Waals surface area contributed by atoms with Crippen LogP contribution in [0, 0.1) is 6.92 Å². The van der Waals surface area contributed by atoms with Crippen molar-refractivity contribution in [1.29, 1.82) is 0 Å². The number of nitrogens with zero attached hydrogens (tertiary/aromatic N) is 1. The van der Waals surface area contributed by atoms with Gasteiger partial charge in [0.1, 0.15) is 11.6 Å². The molecule has 1 N–H and O–H groups in total. The molecule has 0 fully saturated rings. The maximum absolute atomic E-state index is 12.3. The Morgan fingerprint density at radius 1 is 1.24 bits per heavy atom. The van der Waals surface area contributed by atoms with Crippen molar-refractivity contribution >= 4 is 0 Å². The summed E-state index contributed by atoms with van der Waals surface area (Å²) in [6, 6.07) is 7.56. The molecule has 0 aliphatic carbocycles. The molecular weight excluding hydrogens is 264 g/mol. The monoisotopic (exact) mass is 286 g/mol. The first-order valence-corrected chi connectivity index (χ1v) is 7.38. The zero-order chi connectivity index (χ0) is 15.4. The molecule has 1 aromatic heterocycles. The Labute approximate surface area is 125 Å². The number of hydrogen-bond acceptors (Lipinski definition) is 3. The van der Waals surface area contributed by atoms with Gasteiger partial charge in [0.25, 0.3) is 5.56 Å². The van der Waals surface area contributed by atoms with Gasteiger partial charge in [-0.3, -0.25) is 4.79 Å². The number of aromatic amines is 1. The molecule has 112 valence electrons. The number of aryl methyl sites for hydroxylation is 2. The standard InChI is InChI=1S/C17H22N2O2/c1-5-6-15-18-12(4)16(17(20)19-15)13-7-9-14(10-8-13)21-11(2)3/h7-11H,5-6H2,1-4H3,(H,18,19,20). The SMILES string of the molecule is CCCc1nc(C)c(-c2ccc(OC(C)C)cc2)c(=O)[nH]1. The highest BCUT2D eigenvalue weighted by molar-refractivity contribution is 5.65. The summed E-state index contributed by atoms with van der Waals surface area (Å²) >= 11 is 0. The van der Waals surface area contributed by atoms with E-state index in [-0.39, 0.29) is 11.7 Å². The van der Waals surface area contributed by atoms with Crippen LogP contribution in [0.1, 0.15) is 38.7 Å². The molecule has 0 spiro atoms. The molecule has 1 heterocycles. The van der Waals surface area contributed by atoms with E-state index in [1.165, 1.54) is 0 Å². The van der Waals surface area contributed by atoms with Crippen LogP contribution in [0.3, 0.4) is 0 Å². The van der Waals surface area contributed by atoms with E-state index in [9.17, 15) is 4.79 Å². The van der Waals surface area contributed by atoms with Gasteiger partial charge in [0, 0.05) is 6.42 Å². The van der Waals surface area contributed by atoms with Crippen LogP contribution in [-0.2, 0) is 6.42 Å². The molecule has 0 saturated heterocycles. The Morgan fingerprint density at radius 2 is 1.90 bits per heavy atom. The van der Waals surface area contributed by atoms with E-state index in [1.54, 1.807) is 0 Å². The van der Waals surface area contributed by atoms with Crippen LogP contribution in [0.4, 0.5) is 0 Å². The van der Waals surface area contributed by atoms with Crippen molar-refractivity contribution in [2.24, 2.45) is 0 Å². The van der Waals surface area contributed by atoms with Crippen LogP contribution in [-0.4, -0.2) is 16.1 Å². The molecule has 0 saturated carbocycles.